The Morgan fingerprint density at radius 2 is 1.71 bits per heavy atom. The number of benzene rings is 1. The van der Waals surface area contributed by atoms with Crippen LogP contribution in [-0.4, -0.2) is 5.97 Å². The summed E-state index contributed by atoms with van der Waals surface area (Å²) in [5.41, 5.74) is 2.19. The minimum Gasteiger partial charge on any atom is -0.427 e. The second-order valence-corrected chi connectivity index (χ2v) is 3.97. The lowest BCUT2D eigenvalue weighted by Gasteiger charge is -2.05. The summed E-state index contributed by atoms with van der Waals surface area (Å²) in [6.45, 7) is 1.40. The Morgan fingerprint density at radius 1 is 1.21 bits per heavy atom. The predicted molar refractivity (Wildman–Crippen MR) is 63.0 cm³/mol. The van der Waals surface area contributed by atoms with Gasteiger partial charge in [0.05, 0.1) is 0 Å². The Balaban J connectivity index is 2.98. The van der Waals surface area contributed by atoms with Crippen molar-refractivity contribution in [2.75, 3.05) is 0 Å². The molecule has 0 N–H and O–H groups in total. The minimum absolute atomic E-state index is 0.294. The van der Waals surface area contributed by atoms with Crippen molar-refractivity contribution < 1.29 is 9.53 Å². The fourth-order valence-corrected chi connectivity index (χ4v) is 1.76. The van der Waals surface area contributed by atoms with Gasteiger partial charge in [-0.05, 0) is 23.3 Å². The average Bonchev–Trinajstić information content (AvgIpc) is 2.16. The molecule has 4 heteroatoms. The van der Waals surface area contributed by atoms with Crippen LogP contribution in [0.5, 0.6) is 5.75 Å². The third kappa shape index (κ3) is 3.42. The summed E-state index contributed by atoms with van der Waals surface area (Å²) in [4.78, 5) is 10.8. The van der Waals surface area contributed by atoms with Gasteiger partial charge in [-0.25, -0.2) is 0 Å². The second kappa shape index (κ2) is 5.51. The first-order valence-corrected chi connectivity index (χ1v) is 6.33. The quantitative estimate of drug-likeness (QED) is 0.484. The van der Waals surface area contributed by atoms with Gasteiger partial charge in [-0.3, -0.25) is 4.79 Å². The largest absolute Gasteiger partial charge is 0.427 e. The van der Waals surface area contributed by atoms with E-state index in [1.165, 1.54) is 6.92 Å². The van der Waals surface area contributed by atoms with E-state index in [1.54, 1.807) is 0 Å². The first-order chi connectivity index (χ1) is 6.65. The van der Waals surface area contributed by atoms with Crippen molar-refractivity contribution >= 4 is 37.8 Å². The van der Waals surface area contributed by atoms with Crippen molar-refractivity contribution in [3.05, 3.63) is 29.3 Å². The number of carbonyl (C=O) groups excluding carboxylic acids is 1. The number of esters is 1. The van der Waals surface area contributed by atoms with Crippen LogP contribution in [0, 0.1) is 0 Å². The van der Waals surface area contributed by atoms with Crippen LogP contribution in [0.3, 0.4) is 0 Å². The summed E-state index contributed by atoms with van der Waals surface area (Å²) < 4.78 is 5.02. The monoisotopic (exact) mass is 320 g/mol. The average molecular weight is 322 g/mol. The highest BCUT2D eigenvalue weighted by molar-refractivity contribution is 9.08. The van der Waals surface area contributed by atoms with E-state index >= 15 is 0 Å². The van der Waals surface area contributed by atoms with Crippen LogP contribution in [0.15, 0.2) is 18.2 Å². The van der Waals surface area contributed by atoms with Crippen molar-refractivity contribution in [2.24, 2.45) is 0 Å². The summed E-state index contributed by atoms with van der Waals surface area (Å²) in [6, 6.07) is 5.75. The van der Waals surface area contributed by atoms with E-state index in [9.17, 15) is 4.79 Å². The molecule has 0 fully saturated rings. The molecule has 0 aliphatic rings. The highest BCUT2D eigenvalue weighted by atomic mass is 79.9. The van der Waals surface area contributed by atoms with Gasteiger partial charge in [0.25, 0.3) is 0 Å². The van der Waals surface area contributed by atoms with E-state index in [2.05, 4.69) is 37.9 Å². The maximum absolute atomic E-state index is 10.8. The van der Waals surface area contributed by atoms with E-state index in [-0.39, 0.29) is 5.97 Å². The normalized spacial score (nSPS) is 9.93. The maximum atomic E-state index is 10.8. The lowest BCUT2D eigenvalue weighted by molar-refractivity contribution is -0.131. The molecule has 0 spiro atoms. The second-order valence-electron chi connectivity index (χ2n) is 2.85. The van der Waals surface area contributed by atoms with E-state index in [0.29, 0.717) is 5.75 Å². The topological polar surface area (TPSA) is 26.3 Å². The van der Waals surface area contributed by atoms with Crippen LogP contribution < -0.4 is 4.74 Å². The zero-order valence-electron chi connectivity index (χ0n) is 7.72. The SMILES string of the molecule is CC(=O)Oc1cc(CBr)cc(CBr)c1. The predicted octanol–water partition coefficient (Wildman–Crippen LogP) is 3.40. The van der Waals surface area contributed by atoms with Gasteiger partial charge in [0, 0.05) is 17.6 Å². The first kappa shape index (κ1) is 11.7. The van der Waals surface area contributed by atoms with Crippen molar-refractivity contribution in [3.63, 3.8) is 0 Å². The molecule has 76 valence electrons. The number of rotatable bonds is 3. The molecule has 1 aromatic carbocycles. The van der Waals surface area contributed by atoms with Crippen LogP contribution >= 0.6 is 31.9 Å². The number of halogens is 2. The first-order valence-electron chi connectivity index (χ1n) is 4.09. The van der Waals surface area contributed by atoms with Crippen LogP contribution in [0.1, 0.15) is 18.1 Å². The lowest BCUT2D eigenvalue weighted by Crippen LogP contribution is -2.02. The minimum atomic E-state index is -0.294. The fraction of sp³-hybridized carbons (Fsp3) is 0.300. The summed E-state index contributed by atoms with van der Waals surface area (Å²) in [7, 11) is 0. The molecule has 0 saturated heterocycles. The van der Waals surface area contributed by atoms with Crippen molar-refractivity contribution in [1.82, 2.24) is 0 Å². The Morgan fingerprint density at radius 3 is 2.07 bits per heavy atom. The van der Waals surface area contributed by atoms with Gasteiger partial charge in [0.1, 0.15) is 5.75 Å². The smallest absolute Gasteiger partial charge is 0.308 e. The highest BCUT2D eigenvalue weighted by Crippen LogP contribution is 2.21. The van der Waals surface area contributed by atoms with Crippen LogP contribution in [0.4, 0.5) is 0 Å². The van der Waals surface area contributed by atoms with Crippen LogP contribution in [0.25, 0.3) is 0 Å². The molecule has 0 unspecified atom stereocenters. The molecule has 0 heterocycles. The lowest BCUT2D eigenvalue weighted by atomic mass is 10.1. The third-order valence-corrected chi connectivity index (χ3v) is 2.89. The molecule has 1 rings (SSSR count). The third-order valence-electron chi connectivity index (χ3n) is 1.60. The molecule has 0 aliphatic heterocycles. The Kier molecular flexibility index (Phi) is 4.62. The van der Waals surface area contributed by atoms with E-state index < -0.39 is 0 Å². The Hall–Kier alpha value is -0.350. The van der Waals surface area contributed by atoms with Crippen molar-refractivity contribution in [1.29, 1.82) is 0 Å². The number of alkyl halides is 2. The van der Waals surface area contributed by atoms with Crippen molar-refractivity contribution in [2.45, 2.75) is 17.6 Å². The zero-order chi connectivity index (χ0) is 10.6. The zero-order valence-corrected chi connectivity index (χ0v) is 10.9. The van der Waals surface area contributed by atoms with Gasteiger partial charge in [-0.1, -0.05) is 37.9 Å². The molecule has 1 aromatic rings. The summed E-state index contributed by atoms with van der Waals surface area (Å²) in [6.07, 6.45) is 0. The van der Waals surface area contributed by atoms with Gasteiger partial charge < -0.3 is 4.74 Å². The van der Waals surface area contributed by atoms with E-state index in [1.807, 2.05) is 12.1 Å². The Labute approximate surface area is 99.9 Å². The molecular formula is C10H10Br2O2. The van der Waals surface area contributed by atoms with E-state index in [4.69, 9.17) is 4.74 Å². The van der Waals surface area contributed by atoms with Gasteiger partial charge in [-0.15, -0.1) is 0 Å². The summed E-state index contributed by atoms with van der Waals surface area (Å²) in [5, 5.41) is 1.50. The van der Waals surface area contributed by atoms with Gasteiger partial charge in [0.15, 0.2) is 0 Å². The number of hydrogen-bond acceptors (Lipinski definition) is 2. The van der Waals surface area contributed by atoms with Gasteiger partial charge >= 0.3 is 5.97 Å². The highest BCUT2D eigenvalue weighted by Gasteiger charge is 2.02. The molecule has 0 bridgehead atoms. The summed E-state index contributed by atoms with van der Waals surface area (Å²) in [5.74, 6) is 0.307. The fourth-order valence-electron chi connectivity index (χ4n) is 1.11. The summed E-state index contributed by atoms with van der Waals surface area (Å²) >= 11 is 6.73. The molecule has 0 aliphatic carbocycles. The van der Waals surface area contributed by atoms with Crippen LogP contribution in [0.2, 0.25) is 0 Å². The van der Waals surface area contributed by atoms with Gasteiger partial charge in [-0.2, -0.15) is 0 Å². The molecular weight excluding hydrogens is 312 g/mol. The number of carbonyl (C=O) groups is 1. The molecule has 0 radical (unpaired) electrons. The molecule has 2 nitrogen and oxygen atoms in total. The molecule has 0 saturated carbocycles. The standard InChI is InChI=1S/C10H10Br2O2/c1-7(13)14-10-3-8(5-11)2-9(4-10)6-12/h2-4H,5-6H2,1H3. The Bertz CT molecular complexity index is 315. The van der Waals surface area contributed by atoms with E-state index in [0.717, 1.165) is 21.8 Å². The maximum Gasteiger partial charge on any atom is 0.308 e. The molecule has 14 heavy (non-hydrogen) atoms. The van der Waals surface area contributed by atoms with Crippen molar-refractivity contribution in [3.8, 4) is 5.75 Å². The van der Waals surface area contributed by atoms with Gasteiger partial charge in [0.2, 0.25) is 0 Å². The molecule has 0 atom stereocenters. The molecule has 0 amide bonds. The number of ether oxygens (including phenoxy) is 1. The molecule has 0 aromatic heterocycles. The van der Waals surface area contributed by atoms with Crippen LogP contribution in [-0.2, 0) is 15.5 Å². The number of hydrogen-bond donors (Lipinski definition) is 0.